The molecule has 28 heavy (non-hydrogen) atoms. The Morgan fingerprint density at radius 3 is 1.46 bits per heavy atom. The quantitative estimate of drug-likeness (QED) is 0.220. The monoisotopic (exact) mass is 386 g/mol. The second-order valence-corrected chi connectivity index (χ2v) is 9.15. The van der Waals surface area contributed by atoms with E-state index in [2.05, 4.69) is 39.8 Å². The highest BCUT2D eigenvalue weighted by Gasteiger charge is 2.05. The number of hydrogen-bond acceptors (Lipinski definition) is 0. The first-order valence-electron chi connectivity index (χ1n) is 12.8. The zero-order chi connectivity index (χ0) is 20.5. The van der Waals surface area contributed by atoms with E-state index in [1.54, 1.807) is 11.1 Å². The maximum Gasteiger partial charge on any atom is -0.0276 e. The van der Waals surface area contributed by atoms with Crippen molar-refractivity contribution in [1.82, 2.24) is 0 Å². The van der Waals surface area contributed by atoms with Gasteiger partial charge in [0, 0.05) is 0 Å². The van der Waals surface area contributed by atoms with Crippen molar-refractivity contribution in [3.8, 4) is 0 Å². The van der Waals surface area contributed by atoms with E-state index in [-0.39, 0.29) is 0 Å². The van der Waals surface area contributed by atoms with Gasteiger partial charge >= 0.3 is 0 Å². The minimum atomic E-state index is 1.26. The van der Waals surface area contributed by atoms with E-state index in [9.17, 15) is 0 Å². The molecule has 0 radical (unpaired) electrons. The van der Waals surface area contributed by atoms with Gasteiger partial charge in [0.25, 0.3) is 0 Å². The van der Waals surface area contributed by atoms with Crippen molar-refractivity contribution in [2.24, 2.45) is 0 Å². The summed E-state index contributed by atoms with van der Waals surface area (Å²) >= 11 is 0. The highest BCUT2D eigenvalue weighted by molar-refractivity contribution is 5.38. The van der Waals surface area contributed by atoms with Crippen LogP contribution in [0.25, 0.3) is 0 Å². The molecule has 0 atom stereocenters. The van der Waals surface area contributed by atoms with Crippen molar-refractivity contribution in [1.29, 1.82) is 0 Å². The molecule has 0 unspecified atom stereocenters. The van der Waals surface area contributed by atoms with Crippen LogP contribution in [0, 0.1) is 13.8 Å². The SMILES string of the molecule is CCCCCCCCCCCCCCCc1cc(CCCCC)cc(C)c1C. The molecule has 1 aromatic rings. The highest BCUT2D eigenvalue weighted by atomic mass is 14.1. The van der Waals surface area contributed by atoms with Crippen molar-refractivity contribution >= 4 is 0 Å². The predicted octanol–water partition coefficient (Wildman–Crippen LogP) is 9.67. The van der Waals surface area contributed by atoms with Gasteiger partial charge in [-0.2, -0.15) is 0 Å². The summed E-state index contributed by atoms with van der Waals surface area (Å²) in [6.45, 7) is 9.21. The van der Waals surface area contributed by atoms with Crippen LogP contribution in [0.4, 0.5) is 0 Å². The van der Waals surface area contributed by atoms with Crippen LogP contribution in [0.15, 0.2) is 12.1 Å². The maximum atomic E-state index is 2.51. The van der Waals surface area contributed by atoms with Gasteiger partial charge in [0.15, 0.2) is 0 Å². The summed E-state index contributed by atoms with van der Waals surface area (Å²) < 4.78 is 0. The summed E-state index contributed by atoms with van der Waals surface area (Å²) in [5.41, 5.74) is 6.23. The Morgan fingerprint density at radius 1 is 0.500 bits per heavy atom. The molecular formula is C28H50. The molecule has 0 heterocycles. The van der Waals surface area contributed by atoms with Gasteiger partial charge in [0.1, 0.15) is 0 Å². The predicted molar refractivity (Wildman–Crippen MR) is 129 cm³/mol. The van der Waals surface area contributed by atoms with E-state index in [0.717, 1.165) is 0 Å². The fraction of sp³-hybridized carbons (Fsp3) is 0.786. The number of hydrogen-bond donors (Lipinski definition) is 0. The molecule has 0 N–H and O–H groups in total. The lowest BCUT2D eigenvalue weighted by atomic mass is 9.93. The number of rotatable bonds is 18. The van der Waals surface area contributed by atoms with Crippen LogP contribution in [-0.4, -0.2) is 0 Å². The van der Waals surface area contributed by atoms with Gasteiger partial charge in [-0.3, -0.25) is 0 Å². The van der Waals surface area contributed by atoms with E-state index < -0.39 is 0 Å². The molecule has 0 saturated carbocycles. The number of aryl methyl sites for hydroxylation is 3. The molecule has 0 amide bonds. The molecule has 1 aromatic carbocycles. The lowest BCUT2D eigenvalue weighted by molar-refractivity contribution is 0.539. The van der Waals surface area contributed by atoms with Gasteiger partial charge in [0.2, 0.25) is 0 Å². The third-order valence-electron chi connectivity index (χ3n) is 6.45. The van der Waals surface area contributed by atoms with Gasteiger partial charge in [0.05, 0.1) is 0 Å². The molecule has 0 aromatic heterocycles. The Bertz CT molecular complexity index is 485. The number of unbranched alkanes of at least 4 members (excludes halogenated alkanes) is 14. The fourth-order valence-electron chi connectivity index (χ4n) is 4.33. The van der Waals surface area contributed by atoms with Crippen molar-refractivity contribution in [3.05, 3.63) is 34.4 Å². The number of benzene rings is 1. The fourth-order valence-corrected chi connectivity index (χ4v) is 4.33. The second-order valence-electron chi connectivity index (χ2n) is 9.15. The van der Waals surface area contributed by atoms with E-state index >= 15 is 0 Å². The van der Waals surface area contributed by atoms with Crippen molar-refractivity contribution in [3.63, 3.8) is 0 Å². The third-order valence-corrected chi connectivity index (χ3v) is 6.45. The molecule has 0 fully saturated rings. The highest BCUT2D eigenvalue weighted by Crippen LogP contribution is 2.21. The van der Waals surface area contributed by atoms with Crippen LogP contribution in [0.1, 0.15) is 139 Å². The van der Waals surface area contributed by atoms with E-state index in [1.807, 2.05) is 0 Å². The summed E-state index contributed by atoms with van der Waals surface area (Å²) in [5, 5.41) is 0. The molecule has 0 bridgehead atoms. The lowest BCUT2D eigenvalue weighted by Crippen LogP contribution is -1.97. The van der Waals surface area contributed by atoms with Gasteiger partial charge in [-0.05, 0) is 61.8 Å². The van der Waals surface area contributed by atoms with E-state index in [4.69, 9.17) is 0 Å². The average molecular weight is 387 g/mol. The zero-order valence-corrected chi connectivity index (χ0v) is 19.9. The molecule has 0 aliphatic carbocycles. The van der Waals surface area contributed by atoms with E-state index in [1.165, 1.54) is 127 Å². The summed E-state index contributed by atoms with van der Waals surface area (Å²) in [5.74, 6) is 0. The third kappa shape index (κ3) is 11.9. The van der Waals surface area contributed by atoms with Crippen molar-refractivity contribution in [2.75, 3.05) is 0 Å². The van der Waals surface area contributed by atoms with Crippen LogP contribution in [0.5, 0.6) is 0 Å². The van der Waals surface area contributed by atoms with Crippen LogP contribution in [0.2, 0.25) is 0 Å². The molecule has 0 aliphatic heterocycles. The minimum Gasteiger partial charge on any atom is -0.0654 e. The minimum absolute atomic E-state index is 1.26. The topological polar surface area (TPSA) is 0 Å². The zero-order valence-electron chi connectivity index (χ0n) is 19.9. The van der Waals surface area contributed by atoms with Crippen LogP contribution in [0.3, 0.4) is 0 Å². The molecule has 1 rings (SSSR count). The first-order chi connectivity index (χ1) is 13.7. The Hall–Kier alpha value is -0.780. The largest absolute Gasteiger partial charge is 0.0654 e. The summed E-state index contributed by atoms with van der Waals surface area (Å²) in [7, 11) is 0. The molecule has 0 spiro atoms. The molecule has 162 valence electrons. The summed E-state index contributed by atoms with van der Waals surface area (Å²) in [6, 6.07) is 4.94. The van der Waals surface area contributed by atoms with Crippen molar-refractivity contribution < 1.29 is 0 Å². The second kappa shape index (κ2) is 17.1. The normalized spacial score (nSPS) is 11.3. The Kier molecular flexibility index (Phi) is 15.4. The van der Waals surface area contributed by atoms with Gasteiger partial charge in [-0.1, -0.05) is 116 Å². The van der Waals surface area contributed by atoms with Gasteiger partial charge < -0.3 is 0 Å². The molecule has 0 saturated heterocycles. The van der Waals surface area contributed by atoms with Crippen LogP contribution >= 0.6 is 0 Å². The van der Waals surface area contributed by atoms with Gasteiger partial charge in [-0.25, -0.2) is 0 Å². The van der Waals surface area contributed by atoms with E-state index in [0.29, 0.717) is 0 Å². The maximum absolute atomic E-state index is 2.51. The average Bonchev–Trinajstić information content (AvgIpc) is 2.69. The van der Waals surface area contributed by atoms with Crippen LogP contribution in [-0.2, 0) is 12.8 Å². The molecular weight excluding hydrogens is 336 g/mol. The van der Waals surface area contributed by atoms with Crippen LogP contribution < -0.4 is 0 Å². The lowest BCUT2D eigenvalue weighted by Gasteiger charge is -2.12. The Balaban J connectivity index is 2.09. The standard InChI is InChI=1S/C28H50/c1-5-7-9-10-11-12-13-14-15-16-17-18-20-22-28-24-27(21-19-8-6-2)23-25(3)26(28)4/h23-24H,5-22H2,1-4H3. The molecule has 0 nitrogen and oxygen atoms in total. The summed E-state index contributed by atoms with van der Waals surface area (Å²) in [4.78, 5) is 0. The Morgan fingerprint density at radius 2 is 0.929 bits per heavy atom. The first kappa shape index (κ1) is 25.3. The molecule has 0 heteroatoms. The van der Waals surface area contributed by atoms with Gasteiger partial charge in [-0.15, -0.1) is 0 Å². The smallest absolute Gasteiger partial charge is 0.0276 e. The Labute approximate surface area is 177 Å². The first-order valence-corrected chi connectivity index (χ1v) is 12.8. The molecule has 0 aliphatic rings. The van der Waals surface area contributed by atoms with Crippen molar-refractivity contribution in [2.45, 2.75) is 143 Å². The summed E-state index contributed by atoms with van der Waals surface area (Å²) in [6.07, 6.45) is 25.3.